The number of hydrogen-bond donors (Lipinski definition) is 1. The summed E-state index contributed by atoms with van der Waals surface area (Å²) in [5.41, 5.74) is 4.47. The van der Waals surface area contributed by atoms with Crippen LogP contribution < -0.4 is 5.32 Å². The van der Waals surface area contributed by atoms with Crippen molar-refractivity contribution in [2.24, 2.45) is 0 Å². The summed E-state index contributed by atoms with van der Waals surface area (Å²) in [6.07, 6.45) is 3.42. The molecule has 0 aliphatic rings. The zero-order valence-corrected chi connectivity index (χ0v) is 15.3. The molecule has 0 radical (unpaired) electrons. The molecule has 0 spiro atoms. The number of aryl methyl sites for hydroxylation is 1. The largest absolute Gasteiger partial charge is 0.352 e. The molecule has 0 saturated carbocycles. The molecule has 2 aromatic carbocycles. The van der Waals surface area contributed by atoms with Crippen LogP contribution in [0.4, 0.5) is 0 Å². The Bertz CT molecular complexity index is 1010. The Morgan fingerprint density at radius 2 is 1.89 bits per heavy atom. The maximum absolute atomic E-state index is 12.1. The molecule has 27 heavy (non-hydrogen) atoms. The lowest BCUT2D eigenvalue weighted by atomic mass is 10.0. The fourth-order valence-electron chi connectivity index (χ4n) is 2.70. The highest BCUT2D eigenvalue weighted by Gasteiger charge is 2.14. The first-order valence-corrected chi connectivity index (χ1v) is 8.74. The van der Waals surface area contributed by atoms with Gasteiger partial charge in [-0.15, -0.1) is 0 Å². The molecule has 0 saturated heterocycles. The average Bonchev–Trinajstić information content (AvgIpc) is 3.11. The van der Waals surface area contributed by atoms with E-state index in [1.54, 1.807) is 10.8 Å². The van der Waals surface area contributed by atoms with Crippen LogP contribution in [0.5, 0.6) is 0 Å². The van der Waals surface area contributed by atoms with Gasteiger partial charge < -0.3 is 5.32 Å². The van der Waals surface area contributed by atoms with E-state index in [2.05, 4.69) is 5.32 Å². The highest BCUT2D eigenvalue weighted by Crippen LogP contribution is 2.26. The number of hydrogen-bond acceptors (Lipinski definition) is 3. The summed E-state index contributed by atoms with van der Waals surface area (Å²) < 4.78 is 1.76. The van der Waals surface area contributed by atoms with E-state index < -0.39 is 0 Å². The van der Waals surface area contributed by atoms with Gasteiger partial charge in [0.25, 0.3) is 5.91 Å². The summed E-state index contributed by atoms with van der Waals surface area (Å²) in [6, 6.07) is 19.7. The molecular formula is C22H20N4O. The predicted octanol–water partition coefficient (Wildman–Crippen LogP) is 3.89. The molecule has 0 aliphatic heterocycles. The molecule has 0 atom stereocenters. The minimum absolute atomic E-state index is 0.0535. The molecule has 1 amide bonds. The number of likely N-dealkylation sites (N-methyl/N-ethyl adjacent to an activating group) is 1. The normalized spacial score (nSPS) is 11.1. The first kappa shape index (κ1) is 18.2. The minimum atomic E-state index is -0.387. The number of carbonyl (C=O) groups is 1. The molecule has 0 unspecified atom stereocenters. The van der Waals surface area contributed by atoms with E-state index in [9.17, 15) is 10.1 Å². The van der Waals surface area contributed by atoms with Gasteiger partial charge in [-0.2, -0.15) is 10.4 Å². The molecule has 0 fully saturated rings. The van der Waals surface area contributed by atoms with Crippen molar-refractivity contribution in [3.8, 4) is 23.0 Å². The molecular weight excluding hydrogens is 336 g/mol. The molecule has 3 aromatic rings. The number of aromatic nitrogens is 2. The van der Waals surface area contributed by atoms with E-state index in [0.29, 0.717) is 12.1 Å². The first-order chi connectivity index (χ1) is 13.1. The number of carbonyl (C=O) groups excluding carboxylic acids is 1. The van der Waals surface area contributed by atoms with E-state index in [0.717, 1.165) is 22.5 Å². The predicted molar refractivity (Wildman–Crippen MR) is 106 cm³/mol. The maximum Gasteiger partial charge on any atom is 0.261 e. The molecule has 5 heteroatoms. The van der Waals surface area contributed by atoms with E-state index >= 15 is 0 Å². The highest BCUT2D eigenvalue weighted by molar-refractivity contribution is 6.02. The van der Waals surface area contributed by atoms with Crippen LogP contribution in [0.25, 0.3) is 23.0 Å². The number of amides is 1. The van der Waals surface area contributed by atoms with Gasteiger partial charge in [0.2, 0.25) is 0 Å². The van der Waals surface area contributed by atoms with Crippen LogP contribution in [-0.4, -0.2) is 22.2 Å². The van der Waals surface area contributed by atoms with Gasteiger partial charge in [0.15, 0.2) is 0 Å². The van der Waals surface area contributed by atoms with Crippen molar-refractivity contribution in [3.63, 3.8) is 0 Å². The molecule has 5 nitrogen and oxygen atoms in total. The average molecular weight is 356 g/mol. The standard InChI is InChI=1S/C22H20N4O/c1-3-24-22(27)18(14-23)13-19-15-26(20-7-5-4-6-8-20)25-21(19)17-11-9-16(2)10-12-17/h4-13,15H,3H2,1-2H3,(H,24,27). The molecule has 0 aliphatic carbocycles. The van der Waals surface area contributed by atoms with Crippen LogP contribution in [0.3, 0.4) is 0 Å². The van der Waals surface area contributed by atoms with Crippen molar-refractivity contribution in [2.75, 3.05) is 6.54 Å². The van der Waals surface area contributed by atoms with Gasteiger partial charge in [-0.05, 0) is 32.1 Å². The second kappa shape index (κ2) is 8.15. The van der Waals surface area contributed by atoms with Gasteiger partial charge in [-0.3, -0.25) is 4.79 Å². The summed E-state index contributed by atoms with van der Waals surface area (Å²) in [5.74, 6) is -0.387. The Hall–Kier alpha value is -3.65. The molecule has 1 N–H and O–H groups in total. The second-order valence-electron chi connectivity index (χ2n) is 6.11. The van der Waals surface area contributed by atoms with E-state index in [1.165, 1.54) is 0 Å². The quantitative estimate of drug-likeness (QED) is 0.557. The van der Waals surface area contributed by atoms with Crippen molar-refractivity contribution in [1.29, 1.82) is 5.26 Å². The number of nitriles is 1. The highest BCUT2D eigenvalue weighted by atomic mass is 16.1. The monoisotopic (exact) mass is 356 g/mol. The van der Waals surface area contributed by atoms with Crippen LogP contribution >= 0.6 is 0 Å². The van der Waals surface area contributed by atoms with E-state index in [1.807, 2.05) is 80.7 Å². The van der Waals surface area contributed by atoms with Crippen LogP contribution in [-0.2, 0) is 4.79 Å². The summed E-state index contributed by atoms with van der Waals surface area (Å²) >= 11 is 0. The topological polar surface area (TPSA) is 70.7 Å². The van der Waals surface area contributed by atoms with Gasteiger partial charge >= 0.3 is 0 Å². The SMILES string of the molecule is CCNC(=O)C(C#N)=Cc1cn(-c2ccccc2)nc1-c1ccc(C)cc1. The zero-order chi connectivity index (χ0) is 19.2. The van der Waals surface area contributed by atoms with E-state index in [4.69, 9.17) is 5.10 Å². The number of nitrogens with one attached hydrogen (secondary N) is 1. The molecule has 3 rings (SSSR count). The molecule has 1 aromatic heterocycles. The Labute approximate surface area is 158 Å². The smallest absolute Gasteiger partial charge is 0.261 e. The number of rotatable bonds is 5. The van der Waals surface area contributed by atoms with Crippen LogP contribution in [0, 0.1) is 18.3 Å². The molecule has 0 bridgehead atoms. The fourth-order valence-corrected chi connectivity index (χ4v) is 2.70. The fraction of sp³-hybridized carbons (Fsp3) is 0.136. The van der Waals surface area contributed by atoms with Crippen LogP contribution in [0.15, 0.2) is 66.4 Å². The third-order valence-electron chi connectivity index (χ3n) is 4.09. The van der Waals surface area contributed by atoms with Crippen molar-refractivity contribution in [3.05, 3.63) is 77.5 Å². The lowest BCUT2D eigenvalue weighted by Crippen LogP contribution is -2.23. The van der Waals surface area contributed by atoms with Gasteiger partial charge in [0.1, 0.15) is 11.6 Å². The van der Waals surface area contributed by atoms with Gasteiger partial charge in [-0.25, -0.2) is 4.68 Å². The first-order valence-electron chi connectivity index (χ1n) is 8.74. The van der Waals surface area contributed by atoms with Gasteiger partial charge in [0, 0.05) is 23.9 Å². The van der Waals surface area contributed by atoms with Gasteiger partial charge in [0.05, 0.1) is 11.4 Å². The summed E-state index contributed by atoms with van der Waals surface area (Å²) in [5, 5.41) is 16.8. The van der Waals surface area contributed by atoms with Crippen molar-refractivity contribution in [1.82, 2.24) is 15.1 Å². The molecule has 134 valence electrons. The lowest BCUT2D eigenvalue weighted by Gasteiger charge is -2.02. The zero-order valence-electron chi connectivity index (χ0n) is 15.3. The minimum Gasteiger partial charge on any atom is -0.352 e. The Morgan fingerprint density at radius 1 is 1.19 bits per heavy atom. The van der Waals surface area contributed by atoms with Crippen LogP contribution in [0.2, 0.25) is 0 Å². The Kier molecular flexibility index (Phi) is 5.48. The third kappa shape index (κ3) is 4.13. The number of nitrogens with zero attached hydrogens (tertiary/aromatic N) is 3. The van der Waals surface area contributed by atoms with Crippen LogP contribution in [0.1, 0.15) is 18.1 Å². The van der Waals surface area contributed by atoms with Crippen molar-refractivity contribution in [2.45, 2.75) is 13.8 Å². The lowest BCUT2D eigenvalue weighted by molar-refractivity contribution is -0.116. The van der Waals surface area contributed by atoms with E-state index in [-0.39, 0.29) is 11.5 Å². The Morgan fingerprint density at radius 3 is 2.52 bits per heavy atom. The summed E-state index contributed by atoms with van der Waals surface area (Å²) in [7, 11) is 0. The number of para-hydroxylation sites is 1. The molecule has 1 heterocycles. The summed E-state index contributed by atoms with van der Waals surface area (Å²) in [6.45, 7) is 4.31. The maximum atomic E-state index is 12.1. The van der Waals surface area contributed by atoms with Crippen molar-refractivity contribution >= 4 is 12.0 Å². The second-order valence-corrected chi connectivity index (χ2v) is 6.11. The van der Waals surface area contributed by atoms with Crippen molar-refractivity contribution < 1.29 is 4.79 Å². The summed E-state index contributed by atoms with van der Waals surface area (Å²) in [4.78, 5) is 12.1. The third-order valence-corrected chi connectivity index (χ3v) is 4.09. The van der Waals surface area contributed by atoms with Gasteiger partial charge in [-0.1, -0.05) is 48.0 Å². The Balaban J connectivity index is 2.13. The number of benzene rings is 2.